The minimum Gasteiger partial charge on any atom is -0.376 e. The average Bonchev–Trinajstić information content (AvgIpc) is 2.75. The van der Waals surface area contributed by atoms with E-state index in [0.717, 1.165) is 31.4 Å². The predicted octanol–water partition coefficient (Wildman–Crippen LogP) is 3.26. The first-order valence-corrected chi connectivity index (χ1v) is 7.86. The summed E-state index contributed by atoms with van der Waals surface area (Å²) in [6.45, 7) is 3.18. The summed E-state index contributed by atoms with van der Waals surface area (Å²) < 4.78 is 6.05. The van der Waals surface area contributed by atoms with E-state index in [1.165, 1.54) is 25.7 Å². The molecular weight excluding hydrogens is 250 g/mol. The molecule has 1 heterocycles. The SMILES string of the molecule is CCCNC(c1cncnc1)C1(OC)CCCCCC1. The summed E-state index contributed by atoms with van der Waals surface area (Å²) >= 11 is 0. The Hall–Kier alpha value is -1.00. The molecule has 0 aliphatic heterocycles. The van der Waals surface area contributed by atoms with E-state index in [-0.39, 0.29) is 11.6 Å². The van der Waals surface area contributed by atoms with Gasteiger partial charge in [-0.25, -0.2) is 9.97 Å². The lowest BCUT2D eigenvalue weighted by Crippen LogP contribution is -2.45. The van der Waals surface area contributed by atoms with Crippen LogP contribution in [0.15, 0.2) is 18.7 Å². The number of methoxy groups -OCH3 is 1. The Morgan fingerprint density at radius 2 is 1.85 bits per heavy atom. The summed E-state index contributed by atoms with van der Waals surface area (Å²) in [6, 6.07) is 0.187. The van der Waals surface area contributed by atoms with Gasteiger partial charge in [0.25, 0.3) is 0 Å². The van der Waals surface area contributed by atoms with Crippen molar-refractivity contribution >= 4 is 0 Å². The maximum atomic E-state index is 6.05. The fourth-order valence-electron chi connectivity index (χ4n) is 3.29. The number of hydrogen-bond acceptors (Lipinski definition) is 4. The average molecular weight is 277 g/mol. The van der Waals surface area contributed by atoms with E-state index in [9.17, 15) is 0 Å². The van der Waals surface area contributed by atoms with Gasteiger partial charge in [0.15, 0.2) is 0 Å². The molecule has 1 aliphatic rings. The van der Waals surface area contributed by atoms with Gasteiger partial charge in [0.05, 0.1) is 11.6 Å². The highest BCUT2D eigenvalue weighted by Crippen LogP contribution is 2.39. The van der Waals surface area contributed by atoms with Crippen molar-refractivity contribution in [1.82, 2.24) is 15.3 Å². The predicted molar refractivity (Wildman–Crippen MR) is 80.5 cm³/mol. The molecule has 2 rings (SSSR count). The van der Waals surface area contributed by atoms with Crippen LogP contribution in [0.4, 0.5) is 0 Å². The number of rotatable bonds is 6. The smallest absolute Gasteiger partial charge is 0.115 e. The molecule has 0 bridgehead atoms. The summed E-state index contributed by atoms with van der Waals surface area (Å²) in [6.07, 6.45) is 13.9. The molecule has 1 saturated carbocycles. The van der Waals surface area contributed by atoms with Crippen molar-refractivity contribution in [2.75, 3.05) is 13.7 Å². The molecule has 1 N–H and O–H groups in total. The van der Waals surface area contributed by atoms with E-state index >= 15 is 0 Å². The van der Waals surface area contributed by atoms with Gasteiger partial charge in [-0.3, -0.25) is 0 Å². The Balaban J connectivity index is 2.27. The van der Waals surface area contributed by atoms with Crippen molar-refractivity contribution in [3.63, 3.8) is 0 Å². The van der Waals surface area contributed by atoms with E-state index in [1.54, 1.807) is 6.33 Å². The molecule has 0 aromatic carbocycles. The second-order valence-corrected chi connectivity index (χ2v) is 5.74. The Morgan fingerprint density at radius 3 is 2.40 bits per heavy atom. The first-order valence-electron chi connectivity index (χ1n) is 7.86. The zero-order valence-electron chi connectivity index (χ0n) is 12.8. The van der Waals surface area contributed by atoms with Crippen LogP contribution in [0.1, 0.15) is 63.5 Å². The molecule has 1 aromatic heterocycles. The molecule has 4 heteroatoms. The molecule has 0 radical (unpaired) electrons. The quantitative estimate of drug-likeness (QED) is 0.811. The van der Waals surface area contributed by atoms with Gasteiger partial charge in [-0.1, -0.05) is 32.6 Å². The van der Waals surface area contributed by atoms with Crippen LogP contribution < -0.4 is 5.32 Å². The fraction of sp³-hybridized carbons (Fsp3) is 0.750. The van der Waals surface area contributed by atoms with Crippen LogP contribution in [0.3, 0.4) is 0 Å². The highest BCUT2D eigenvalue weighted by Gasteiger charge is 2.40. The minimum absolute atomic E-state index is 0.115. The minimum atomic E-state index is -0.115. The van der Waals surface area contributed by atoms with Gasteiger partial charge in [-0.05, 0) is 25.8 Å². The first kappa shape index (κ1) is 15.4. The molecular formula is C16H27N3O. The second-order valence-electron chi connectivity index (χ2n) is 5.74. The molecule has 4 nitrogen and oxygen atoms in total. The monoisotopic (exact) mass is 277 g/mol. The lowest BCUT2D eigenvalue weighted by atomic mass is 9.83. The molecule has 1 unspecified atom stereocenters. The van der Waals surface area contributed by atoms with Crippen molar-refractivity contribution in [3.8, 4) is 0 Å². The third-order valence-electron chi connectivity index (χ3n) is 4.39. The lowest BCUT2D eigenvalue weighted by Gasteiger charge is -2.40. The fourth-order valence-corrected chi connectivity index (χ4v) is 3.29. The molecule has 20 heavy (non-hydrogen) atoms. The van der Waals surface area contributed by atoms with Gasteiger partial charge >= 0.3 is 0 Å². The number of hydrogen-bond donors (Lipinski definition) is 1. The van der Waals surface area contributed by atoms with Crippen LogP contribution >= 0.6 is 0 Å². The third-order valence-corrected chi connectivity index (χ3v) is 4.39. The van der Waals surface area contributed by atoms with Gasteiger partial charge in [0.1, 0.15) is 6.33 Å². The first-order chi connectivity index (χ1) is 9.82. The molecule has 0 amide bonds. The highest BCUT2D eigenvalue weighted by atomic mass is 16.5. The van der Waals surface area contributed by atoms with E-state index in [0.29, 0.717) is 0 Å². The summed E-state index contributed by atoms with van der Waals surface area (Å²) in [7, 11) is 1.86. The maximum Gasteiger partial charge on any atom is 0.115 e. The van der Waals surface area contributed by atoms with Gasteiger partial charge in [-0.2, -0.15) is 0 Å². The van der Waals surface area contributed by atoms with Gasteiger partial charge in [0, 0.05) is 25.1 Å². The molecule has 0 saturated heterocycles. The molecule has 0 spiro atoms. The van der Waals surface area contributed by atoms with Crippen LogP contribution in [-0.4, -0.2) is 29.2 Å². The van der Waals surface area contributed by atoms with Crippen LogP contribution in [-0.2, 0) is 4.74 Å². The standard InChI is InChI=1S/C16H27N3O/c1-3-10-19-15(14-11-17-13-18-12-14)16(20-2)8-6-4-5-7-9-16/h11-13,15,19H,3-10H2,1-2H3. The van der Waals surface area contributed by atoms with Crippen molar-refractivity contribution in [3.05, 3.63) is 24.3 Å². The Labute approximate surface area is 122 Å². The summed E-state index contributed by atoms with van der Waals surface area (Å²) in [5.74, 6) is 0. The maximum absolute atomic E-state index is 6.05. The summed E-state index contributed by atoms with van der Waals surface area (Å²) in [5, 5.41) is 3.67. The van der Waals surface area contributed by atoms with E-state index in [4.69, 9.17) is 4.74 Å². The van der Waals surface area contributed by atoms with Crippen molar-refractivity contribution < 1.29 is 4.74 Å². The van der Waals surface area contributed by atoms with Gasteiger partial charge < -0.3 is 10.1 Å². The summed E-state index contributed by atoms with van der Waals surface area (Å²) in [4.78, 5) is 8.38. The van der Waals surface area contributed by atoms with E-state index in [1.807, 2.05) is 19.5 Å². The largest absolute Gasteiger partial charge is 0.376 e. The number of aromatic nitrogens is 2. The normalized spacial score (nSPS) is 20.3. The highest BCUT2D eigenvalue weighted by molar-refractivity contribution is 5.16. The van der Waals surface area contributed by atoms with Crippen molar-refractivity contribution in [2.45, 2.75) is 63.5 Å². The molecule has 1 aromatic rings. The molecule has 1 fully saturated rings. The van der Waals surface area contributed by atoms with Crippen molar-refractivity contribution in [1.29, 1.82) is 0 Å². The van der Waals surface area contributed by atoms with Crippen LogP contribution in [0.25, 0.3) is 0 Å². The van der Waals surface area contributed by atoms with Crippen LogP contribution in [0.2, 0.25) is 0 Å². The topological polar surface area (TPSA) is 47.0 Å². The number of nitrogens with one attached hydrogen (secondary N) is 1. The molecule has 1 aliphatic carbocycles. The van der Waals surface area contributed by atoms with E-state index < -0.39 is 0 Å². The Morgan fingerprint density at radius 1 is 1.20 bits per heavy atom. The summed E-state index contributed by atoms with van der Waals surface area (Å²) in [5.41, 5.74) is 1.03. The van der Waals surface area contributed by atoms with Crippen molar-refractivity contribution in [2.24, 2.45) is 0 Å². The van der Waals surface area contributed by atoms with Gasteiger partial charge in [0.2, 0.25) is 0 Å². The Kier molecular flexibility index (Phi) is 5.92. The zero-order chi connectivity index (χ0) is 14.3. The molecule has 112 valence electrons. The van der Waals surface area contributed by atoms with Crippen LogP contribution in [0.5, 0.6) is 0 Å². The van der Waals surface area contributed by atoms with Gasteiger partial charge in [-0.15, -0.1) is 0 Å². The van der Waals surface area contributed by atoms with E-state index in [2.05, 4.69) is 22.2 Å². The number of ether oxygens (including phenoxy) is 1. The van der Waals surface area contributed by atoms with Crippen LogP contribution in [0, 0.1) is 0 Å². The second kappa shape index (κ2) is 7.70. The lowest BCUT2D eigenvalue weighted by molar-refractivity contribution is -0.0541. The number of nitrogens with zero attached hydrogens (tertiary/aromatic N) is 2. The molecule has 1 atom stereocenters. The third kappa shape index (κ3) is 3.55. The zero-order valence-corrected chi connectivity index (χ0v) is 12.8. The Bertz CT molecular complexity index is 375.